The number of halogens is 1. The van der Waals surface area contributed by atoms with Crippen LogP contribution in [0.3, 0.4) is 0 Å². The standard InChI is InChI=1S/C34H42FN5O4S/c1-23-17-27(23)12-11-26-18-28(21-32(20-26)40(5)45(43,44)39(3)4)34(42)38-31(19-25-9-7-6-8-10-25)22-36-24(2)33(41)37-30-15-13-29(35)14-16-30/h6-16,18,20-21,23-24,27,31,36H,17,19,22H2,1-5H3,(H,37,41)(H,38,42)/t23-,24-,27-,31-/m0/s1. The molecule has 0 heterocycles. The number of nitrogens with one attached hydrogen (secondary N) is 3. The number of carbonyl (C=O) groups is 2. The van der Waals surface area contributed by atoms with Crippen molar-refractivity contribution in [2.24, 2.45) is 11.8 Å². The highest BCUT2D eigenvalue weighted by atomic mass is 32.2. The van der Waals surface area contributed by atoms with Crippen molar-refractivity contribution in [3.05, 3.63) is 101 Å². The summed E-state index contributed by atoms with van der Waals surface area (Å²) in [5.74, 6) is 0.0164. The van der Waals surface area contributed by atoms with Gasteiger partial charge in [0.2, 0.25) is 5.91 Å². The molecule has 4 atom stereocenters. The van der Waals surface area contributed by atoms with Gasteiger partial charge in [0.25, 0.3) is 5.91 Å². The SMILES string of the molecule is C[C@H](NC[C@H](Cc1ccccc1)NC(=O)c1cc(C=C[C@H]2C[C@@H]2C)cc(N(C)S(=O)(=O)N(C)C)c1)C(=O)Nc1ccc(F)cc1. The van der Waals surface area contributed by atoms with Gasteiger partial charge >= 0.3 is 10.2 Å². The maximum absolute atomic E-state index is 13.8. The van der Waals surface area contributed by atoms with Crippen LogP contribution in [-0.2, 0) is 21.4 Å². The molecule has 0 unspecified atom stereocenters. The third kappa shape index (κ3) is 9.46. The fourth-order valence-corrected chi connectivity index (χ4v) is 5.67. The van der Waals surface area contributed by atoms with E-state index in [0.29, 0.717) is 35.2 Å². The van der Waals surface area contributed by atoms with E-state index in [1.165, 1.54) is 45.4 Å². The summed E-state index contributed by atoms with van der Waals surface area (Å²) in [6.07, 6.45) is 5.64. The average Bonchev–Trinajstić information content (AvgIpc) is 3.74. The molecule has 0 aliphatic heterocycles. The van der Waals surface area contributed by atoms with Gasteiger partial charge in [0.05, 0.1) is 11.7 Å². The number of rotatable bonds is 14. The summed E-state index contributed by atoms with van der Waals surface area (Å²) in [5.41, 5.74) is 2.88. The Kier molecular flexibility index (Phi) is 11.1. The largest absolute Gasteiger partial charge is 0.348 e. The zero-order valence-electron chi connectivity index (χ0n) is 26.3. The molecule has 9 nitrogen and oxygen atoms in total. The van der Waals surface area contributed by atoms with Crippen LogP contribution in [0.25, 0.3) is 6.08 Å². The Morgan fingerprint density at radius 2 is 1.69 bits per heavy atom. The predicted octanol–water partition coefficient (Wildman–Crippen LogP) is 4.70. The molecule has 1 fully saturated rings. The zero-order valence-corrected chi connectivity index (χ0v) is 27.1. The van der Waals surface area contributed by atoms with Crippen molar-refractivity contribution in [3.8, 4) is 0 Å². The minimum absolute atomic E-state index is 0.277. The maximum Gasteiger partial charge on any atom is 0.303 e. The number of hydrogen-bond donors (Lipinski definition) is 3. The van der Waals surface area contributed by atoms with Gasteiger partial charge < -0.3 is 16.0 Å². The van der Waals surface area contributed by atoms with Crippen molar-refractivity contribution in [2.45, 2.75) is 38.8 Å². The smallest absolute Gasteiger partial charge is 0.303 e. The van der Waals surface area contributed by atoms with Gasteiger partial charge in [0, 0.05) is 45.0 Å². The van der Waals surface area contributed by atoms with E-state index >= 15 is 0 Å². The monoisotopic (exact) mass is 635 g/mol. The fourth-order valence-electron chi connectivity index (χ4n) is 4.81. The molecule has 0 aromatic heterocycles. The summed E-state index contributed by atoms with van der Waals surface area (Å²) < 4.78 is 41.4. The van der Waals surface area contributed by atoms with E-state index in [2.05, 4.69) is 29.0 Å². The summed E-state index contributed by atoms with van der Waals surface area (Å²) in [6.45, 7) is 4.17. The maximum atomic E-state index is 13.8. The van der Waals surface area contributed by atoms with Crippen molar-refractivity contribution in [3.63, 3.8) is 0 Å². The number of allylic oxidation sites excluding steroid dienone is 1. The Bertz CT molecular complexity index is 1610. The van der Waals surface area contributed by atoms with Crippen molar-refractivity contribution in [1.29, 1.82) is 0 Å². The molecule has 0 spiro atoms. The van der Waals surface area contributed by atoms with Crippen LogP contribution in [0.5, 0.6) is 0 Å². The van der Waals surface area contributed by atoms with Crippen LogP contribution in [0.2, 0.25) is 0 Å². The van der Waals surface area contributed by atoms with Crippen molar-refractivity contribution >= 4 is 39.5 Å². The Morgan fingerprint density at radius 1 is 1.02 bits per heavy atom. The number of hydrogen-bond acceptors (Lipinski definition) is 5. The van der Waals surface area contributed by atoms with Crippen LogP contribution in [0.15, 0.2) is 78.9 Å². The first-order valence-corrected chi connectivity index (χ1v) is 16.4. The second-order valence-corrected chi connectivity index (χ2v) is 14.0. The number of nitrogens with zero attached hydrogens (tertiary/aromatic N) is 2. The van der Waals surface area contributed by atoms with E-state index in [0.717, 1.165) is 26.2 Å². The Hall–Kier alpha value is -4.06. The van der Waals surface area contributed by atoms with E-state index in [1.807, 2.05) is 36.4 Å². The number of carbonyl (C=O) groups excluding carboxylic acids is 2. The molecule has 2 amide bonds. The lowest BCUT2D eigenvalue weighted by atomic mass is 10.0. The molecule has 0 bridgehead atoms. The molecule has 1 aliphatic rings. The second-order valence-electron chi connectivity index (χ2n) is 11.8. The average molecular weight is 636 g/mol. The molecule has 3 N–H and O–H groups in total. The topological polar surface area (TPSA) is 111 Å². The van der Waals surface area contributed by atoms with Crippen LogP contribution in [0.4, 0.5) is 15.8 Å². The van der Waals surface area contributed by atoms with E-state index < -0.39 is 28.1 Å². The minimum Gasteiger partial charge on any atom is -0.348 e. The predicted molar refractivity (Wildman–Crippen MR) is 178 cm³/mol. The molecule has 4 rings (SSSR count). The van der Waals surface area contributed by atoms with E-state index in [1.54, 1.807) is 25.1 Å². The summed E-state index contributed by atoms with van der Waals surface area (Å²) in [4.78, 5) is 26.5. The summed E-state index contributed by atoms with van der Waals surface area (Å²) in [5, 5.41) is 9.06. The van der Waals surface area contributed by atoms with E-state index in [9.17, 15) is 22.4 Å². The lowest BCUT2D eigenvalue weighted by Crippen LogP contribution is -2.48. The summed E-state index contributed by atoms with van der Waals surface area (Å²) >= 11 is 0. The molecule has 11 heteroatoms. The third-order valence-corrected chi connectivity index (χ3v) is 9.74. The number of benzene rings is 3. The van der Waals surface area contributed by atoms with E-state index in [4.69, 9.17) is 0 Å². The van der Waals surface area contributed by atoms with E-state index in [-0.39, 0.29) is 18.4 Å². The fraction of sp³-hybridized carbons (Fsp3) is 0.353. The van der Waals surface area contributed by atoms with Crippen LogP contribution in [-0.4, -0.2) is 64.3 Å². The number of anilines is 2. The first-order valence-electron chi connectivity index (χ1n) is 15.0. The summed E-state index contributed by atoms with van der Waals surface area (Å²) in [6, 6.07) is 19.3. The normalized spacial score (nSPS) is 17.6. The van der Waals surface area contributed by atoms with Crippen molar-refractivity contribution in [2.75, 3.05) is 37.3 Å². The highest BCUT2D eigenvalue weighted by molar-refractivity contribution is 7.90. The van der Waals surface area contributed by atoms with Crippen LogP contribution >= 0.6 is 0 Å². The van der Waals surface area contributed by atoms with Crippen LogP contribution in [0, 0.1) is 17.7 Å². The molecular formula is C34H42FN5O4S. The minimum atomic E-state index is -3.79. The van der Waals surface area contributed by atoms with Crippen LogP contribution in [0.1, 0.15) is 41.8 Å². The molecule has 45 heavy (non-hydrogen) atoms. The molecule has 1 saturated carbocycles. The highest BCUT2D eigenvalue weighted by Gasteiger charge is 2.29. The first kappa shape index (κ1) is 33.8. The zero-order chi connectivity index (χ0) is 32.7. The van der Waals surface area contributed by atoms with Gasteiger partial charge in [-0.25, -0.2) is 4.39 Å². The van der Waals surface area contributed by atoms with Gasteiger partial charge in [-0.3, -0.25) is 13.9 Å². The third-order valence-electron chi connectivity index (χ3n) is 7.92. The Labute approximate surface area is 265 Å². The molecule has 0 radical (unpaired) electrons. The van der Waals surface area contributed by atoms with Gasteiger partial charge in [-0.1, -0.05) is 49.4 Å². The highest BCUT2D eigenvalue weighted by Crippen LogP contribution is 2.39. The lowest BCUT2D eigenvalue weighted by Gasteiger charge is -2.25. The molecule has 3 aromatic carbocycles. The van der Waals surface area contributed by atoms with Gasteiger partial charge in [-0.15, -0.1) is 0 Å². The van der Waals surface area contributed by atoms with Gasteiger partial charge in [-0.2, -0.15) is 12.7 Å². The van der Waals surface area contributed by atoms with Gasteiger partial charge in [-0.05, 0) is 85.2 Å². The van der Waals surface area contributed by atoms with Crippen molar-refractivity contribution in [1.82, 2.24) is 14.9 Å². The Morgan fingerprint density at radius 3 is 2.31 bits per heavy atom. The number of amides is 2. The molecule has 1 aliphatic carbocycles. The summed E-state index contributed by atoms with van der Waals surface area (Å²) in [7, 11) is 0.591. The van der Waals surface area contributed by atoms with Gasteiger partial charge in [0.15, 0.2) is 0 Å². The first-order chi connectivity index (χ1) is 21.3. The molecule has 240 valence electrons. The second kappa shape index (κ2) is 14.8. The molecular weight excluding hydrogens is 593 g/mol. The van der Waals surface area contributed by atoms with Gasteiger partial charge in [0.1, 0.15) is 5.82 Å². The van der Waals surface area contributed by atoms with Crippen LogP contribution < -0.4 is 20.3 Å². The molecule has 0 saturated heterocycles. The van der Waals surface area contributed by atoms with Crippen molar-refractivity contribution < 1.29 is 22.4 Å². The Balaban J connectivity index is 1.54. The quantitative estimate of drug-likeness (QED) is 0.238. The molecule has 3 aromatic rings. The lowest BCUT2D eigenvalue weighted by molar-refractivity contribution is -0.117.